The van der Waals surface area contributed by atoms with Gasteiger partial charge in [0, 0.05) is 31.4 Å². The van der Waals surface area contributed by atoms with E-state index in [4.69, 9.17) is 4.74 Å². The molecule has 0 bridgehead atoms. The highest BCUT2D eigenvalue weighted by Gasteiger charge is 2.28. The summed E-state index contributed by atoms with van der Waals surface area (Å²) in [6.45, 7) is 7.91. The number of fused-ring (bicyclic) bond motifs is 1. The van der Waals surface area contributed by atoms with Crippen LogP contribution in [0.5, 0.6) is 0 Å². The van der Waals surface area contributed by atoms with Crippen molar-refractivity contribution in [3.8, 4) is 11.1 Å². The second-order valence-corrected chi connectivity index (χ2v) is 6.14. The average molecular weight is 311 g/mol. The van der Waals surface area contributed by atoms with Crippen LogP contribution in [0, 0.1) is 0 Å². The fraction of sp³-hybridized carbons (Fsp3) is 0.333. The molecule has 0 radical (unpaired) electrons. The maximum atomic E-state index is 12.2. The van der Waals surface area contributed by atoms with Crippen LogP contribution in [0.25, 0.3) is 11.1 Å². The fourth-order valence-corrected chi connectivity index (χ4v) is 2.94. The van der Waals surface area contributed by atoms with Crippen LogP contribution in [0.3, 0.4) is 0 Å². The summed E-state index contributed by atoms with van der Waals surface area (Å²) >= 11 is 0. The van der Waals surface area contributed by atoms with Crippen molar-refractivity contribution in [1.29, 1.82) is 0 Å². The number of aryl methyl sites for hydroxylation is 1. The van der Waals surface area contributed by atoms with Gasteiger partial charge in [0.25, 0.3) is 0 Å². The second-order valence-electron chi connectivity index (χ2n) is 6.14. The number of aromatic nitrogens is 2. The zero-order chi connectivity index (χ0) is 16.6. The van der Waals surface area contributed by atoms with Crippen molar-refractivity contribution >= 4 is 6.09 Å². The van der Waals surface area contributed by atoms with Crippen molar-refractivity contribution in [1.82, 2.24) is 14.7 Å². The summed E-state index contributed by atoms with van der Waals surface area (Å²) in [5, 5.41) is 4.22. The van der Waals surface area contributed by atoms with Gasteiger partial charge in [0.2, 0.25) is 0 Å². The molecule has 0 fully saturated rings. The van der Waals surface area contributed by atoms with E-state index in [2.05, 4.69) is 29.9 Å². The second kappa shape index (κ2) is 5.91. The van der Waals surface area contributed by atoms with Crippen molar-refractivity contribution in [2.24, 2.45) is 7.05 Å². The van der Waals surface area contributed by atoms with E-state index in [0.29, 0.717) is 12.3 Å². The SMILES string of the molecule is C=C(C)OC(=O)N1Cc2cc(-c3cnn(C)c3)ccc2CC1C. The minimum absolute atomic E-state index is 0.110. The van der Waals surface area contributed by atoms with Gasteiger partial charge in [-0.3, -0.25) is 4.68 Å². The van der Waals surface area contributed by atoms with Crippen molar-refractivity contribution in [3.05, 3.63) is 54.1 Å². The van der Waals surface area contributed by atoms with E-state index in [-0.39, 0.29) is 12.1 Å². The van der Waals surface area contributed by atoms with Crippen LogP contribution in [0.2, 0.25) is 0 Å². The van der Waals surface area contributed by atoms with Gasteiger partial charge in [0.05, 0.1) is 12.0 Å². The first-order valence-electron chi connectivity index (χ1n) is 7.69. The lowest BCUT2D eigenvalue weighted by Crippen LogP contribution is -2.42. The molecule has 3 rings (SSSR count). The Kier molecular flexibility index (Phi) is 3.94. The predicted octanol–water partition coefficient (Wildman–Crippen LogP) is 3.50. The molecule has 2 heterocycles. The van der Waals surface area contributed by atoms with Crippen molar-refractivity contribution in [2.75, 3.05) is 0 Å². The number of amides is 1. The molecule has 1 atom stereocenters. The van der Waals surface area contributed by atoms with E-state index >= 15 is 0 Å². The topological polar surface area (TPSA) is 47.4 Å². The molecule has 2 aromatic rings. The average Bonchev–Trinajstić information content (AvgIpc) is 2.92. The van der Waals surface area contributed by atoms with E-state index in [1.54, 1.807) is 16.5 Å². The van der Waals surface area contributed by atoms with Gasteiger partial charge in [-0.2, -0.15) is 5.10 Å². The number of nitrogens with zero attached hydrogens (tertiary/aromatic N) is 3. The summed E-state index contributed by atoms with van der Waals surface area (Å²) in [6.07, 6.45) is 4.33. The summed E-state index contributed by atoms with van der Waals surface area (Å²) < 4.78 is 6.96. The lowest BCUT2D eigenvalue weighted by atomic mass is 9.92. The van der Waals surface area contributed by atoms with E-state index in [9.17, 15) is 4.79 Å². The number of allylic oxidation sites excluding steroid dienone is 1. The normalized spacial score (nSPS) is 16.8. The number of rotatable bonds is 2. The summed E-state index contributed by atoms with van der Waals surface area (Å²) in [7, 11) is 1.90. The van der Waals surface area contributed by atoms with Gasteiger partial charge in [0.1, 0.15) is 0 Å². The standard InChI is InChI=1S/C18H21N3O2/c1-12(2)23-18(22)21-11-16-8-15(17-9-19-20(4)10-17)6-5-14(16)7-13(21)3/h5-6,8-10,13H,1,7,11H2,2-4H3. The van der Waals surface area contributed by atoms with Crippen LogP contribution >= 0.6 is 0 Å². The predicted molar refractivity (Wildman–Crippen MR) is 88.6 cm³/mol. The Morgan fingerprint density at radius 1 is 1.35 bits per heavy atom. The quantitative estimate of drug-likeness (QED) is 0.797. The molecule has 5 nitrogen and oxygen atoms in total. The molecule has 0 saturated heterocycles. The fourth-order valence-electron chi connectivity index (χ4n) is 2.94. The summed E-state index contributed by atoms with van der Waals surface area (Å²) in [6, 6.07) is 6.51. The number of carbonyl (C=O) groups is 1. The Hall–Kier alpha value is -2.56. The van der Waals surface area contributed by atoms with Gasteiger partial charge in [-0.15, -0.1) is 0 Å². The van der Waals surface area contributed by atoms with Crippen LogP contribution in [0.4, 0.5) is 4.79 Å². The first kappa shape index (κ1) is 15.3. The molecule has 1 amide bonds. The Morgan fingerprint density at radius 3 is 2.78 bits per heavy atom. The molecule has 5 heteroatoms. The highest BCUT2D eigenvalue weighted by molar-refractivity contribution is 5.70. The van der Waals surface area contributed by atoms with Crippen molar-refractivity contribution < 1.29 is 9.53 Å². The van der Waals surface area contributed by atoms with Crippen LogP contribution in [-0.2, 0) is 24.8 Å². The molecule has 1 aliphatic heterocycles. The van der Waals surface area contributed by atoms with Crippen molar-refractivity contribution in [3.63, 3.8) is 0 Å². The van der Waals surface area contributed by atoms with E-state index in [1.807, 2.05) is 26.4 Å². The Labute approximate surface area is 136 Å². The van der Waals surface area contributed by atoms with Gasteiger partial charge < -0.3 is 9.64 Å². The third kappa shape index (κ3) is 3.13. The Morgan fingerprint density at radius 2 is 2.13 bits per heavy atom. The lowest BCUT2D eigenvalue weighted by Gasteiger charge is -2.34. The molecule has 0 saturated carbocycles. The molecule has 1 aromatic carbocycles. The molecular formula is C18H21N3O2. The minimum Gasteiger partial charge on any atom is -0.416 e. The van der Waals surface area contributed by atoms with Crippen LogP contribution < -0.4 is 0 Å². The third-order valence-corrected chi connectivity index (χ3v) is 4.13. The van der Waals surface area contributed by atoms with Gasteiger partial charge >= 0.3 is 6.09 Å². The molecule has 0 N–H and O–H groups in total. The van der Waals surface area contributed by atoms with E-state index < -0.39 is 0 Å². The Balaban J connectivity index is 1.88. The van der Waals surface area contributed by atoms with Gasteiger partial charge in [-0.25, -0.2) is 4.79 Å². The first-order valence-corrected chi connectivity index (χ1v) is 7.69. The van der Waals surface area contributed by atoms with Gasteiger partial charge in [-0.05, 0) is 43.0 Å². The zero-order valence-electron chi connectivity index (χ0n) is 13.7. The summed E-state index contributed by atoms with van der Waals surface area (Å²) in [4.78, 5) is 14.0. The molecule has 120 valence electrons. The number of hydrogen-bond donors (Lipinski definition) is 0. The van der Waals surface area contributed by atoms with Crippen molar-refractivity contribution in [2.45, 2.75) is 32.9 Å². The maximum Gasteiger partial charge on any atom is 0.415 e. The molecule has 1 aliphatic rings. The van der Waals surface area contributed by atoms with E-state index in [1.165, 1.54) is 5.56 Å². The number of hydrogen-bond acceptors (Lipinski definition) is 3. The third-order valence-electron chi connectivity index (χ3n) is 4.13. The Bertz CT molecular complexity index is 763. The number of carbonyl (C=O) groups excluding carboxylic acids is 1. The molecule has 0 spiro atoms. The summed E-state index contributed by atoms with van der Waals surface area (Å²) in [5.41, 5.74) is 4.62. The highest BCUT2D eigenvalue weighted by atomic mass is 16.6. The zero-order valence-corrected chi connectivity index (χ0v) is 13.7. The lowest BCUT2D eigenvalue weighted by molar-refractivity contribution is 0.105. The molecule has 23 heavy (non-hydrogen) atoms. The minimum atomic E-state index is -0.331. The number of ether oxygens (including phenoxy) is 1. The van der Waals surface area contributed by atoms with Crippen LogP contribution in [0.15, 0.2) is 42.9 Å². The molecule has 1 aromatic heterocycles. The monoisotopic (exact) mass is 311 g/mol. The largest absolute Gasteiger partial charge is 0.416 e. The number of benzene rings is 1. The maximum absolute atomic E-state index is 12.2. The van der Waals surface area contributed by atoms with Crippen LogP contribution in [0.1, 0.15) is 25.0 Å². The van der Waals surface area contributed by atoms with Gasteiger partial charge in [0.15, 0.2) is 0 Å². The van der Waals surface area contributed by atoms with E-state index in [0.717, 1.165) is 23.1 Å². The summed E-state index contributed by atoms with van der Waals surface area (Å²) in [5.74, 6) is 0.414. The molecule has 0 aliphatic carbocycles. The first-order chi connectivity index (χ1) is 10.9. The van der Waals surface area contributed by atoms with Crippen LogP contribution in [-0.4, -0.2) is 26.8 Å². The molecule has 1 unspecified atom stereocenters. The molecular weight excluding hydrogens is 290 g/mol. The smallest absolute Gasteiger partial charge is 0.415 e. The highest BCUT2D eigenvalue weighted by Crippen LogP contribution is 2.28. The van der Waals surface area contributed by atoms with Gasteiger partial charge in [-0.1, -0.05) is 18.7 Å².